The van der Waals surface area contributed by atoms with Crippen molar-refractivity contribution < 1.29 is 17.4 Å². The molecular formula is C16H12FN3O3S. The second-order valence-electron chi connectivity index (χ2n) is 5.01. The number of benzene rings is 3. The van der Waals surface area contributed by atoms with E-state index in [2.05, 4.69) is 10.2 Å². The Morgan fingerprint density at radius 1 is 0.958 bits per heavy atom. The third-order valence-electron chi connectivity index (χ3n) is 3.39. The molecular weight excluding hydrogens is 333 g/mol. The van der Waals surface area contributed by atoms with Crippen molar-refractivity contribution in [3.63, 3.8) is 0 Å². The number of rotatable bonds is 3. The highest BCUT2D eigenvalue weighted by molar-refractivity contribution is 7.86. The summed E-state index contributed by atoms with van der Waals surface area (Å²) in [6.07, 6.45) is 0. The zero-order valence-corrected chi connectivity index (χ0v) is 13.0. The topological polar surface area (TPSA) is 105 Å². The van der Waals surface area contributed by atoms with Crippen molar-refractivity contribution in [2.24, 2.45) is 10.2 Å². The molecule has 0 atom stereocenters. The Morgan fingerprint density at radius 2 is 1.67 bits per heavy atom. The highest BCUT2D eigenvalue weighted by Gasteiger charge is 2.18. The first-order valence-corrected chi connectivity index (χ1v) is 8.26. The third-order valence-corrected chi connectivity index (χ3v) is 4.28. The fourth-order valence-electron chi connectivity index (χ4n) is 2.30. The summed E-state index contributed by atoms with van der Waals surface area (Å²) in [5.41, 5.74) is 6.53. The van der Waals surface area contributed by atoms with E-state index in [4.69, 9.17) is 5.73 Å². The molecule has 0 radical (unpaired) electrons. The van der Waals surface area contributed by atoms with Crippen LogP contribution in [0.3, 0.4) is 0 Å². The lowest BCUT2D eigenvalue weighted by Gasteiger charge is -2.09. The van der Waals surface area contributed by atoms with Gasteiger partial charge in [-0.2, -0.15) is 13.5 Å². The van der Waals surface area contributed by atoms with Crippen LogP contribution in [0.1, 0.15) is 0 Å². The van der Waals surface area contributed by atoms with Gasteiger partial charge in [-0.3, -0.25) is 4.55 Å². The molecule has 0 aliphatic heterocycles. The second-order valence-corrected chi connectivity index (χ2v) is 6.40. The Labute approximate surface area is 137 Å². The fraction of sp³-hybridized carbons (Fsp3) is 0. The van der Waals surface area contributed by atoms with E-state index in [0.717, 1.165) is 6.07 Å². The van der Waals surface area contributed by atoms with Gasteiger partial charge < -0.3 is 5.73 Å². The SMILES string of the molecule is Nc1c(/N=N/c2cccc(F)c2)cc(S(=O)(=O)O)c2ccccc12. The van der Waals surface area contributed by atoms with Crippen LogP contribution < -0.4 is 5.73 Å². The highest BCUT2D eigenvalue weighted by atomic mass is 32.2. The molecule has 0 aromatic heterocycles. The van der Waals surface area contributed by atoms with Gasteiger partial charge in [0.05, 0.1) is 11.4 Å². The monoisotopic (exact) mass is 345 g/mol. The normalized spacial score (nSPS) is 12.1. The molecule has 8 heteroatoms. The zero-order valence-electron chi connectivity index (χ0n) is 12.2. The highest BCUT2D eigenvalue weighted by Crippen LogP contribution is 2.36. The smallest absolute Gasteiger partial charge is 0.295 e. The number of fused-ring (bicyclic) bond motifs is 1. The minimum absolute atomic E-state index is 0.0607. The average Bonchev–Trinajstić information content (AvgIpc) is 2.53. The van der Waals surface area contributed by atoms with Gasteiger partial charge in [-0.1, -0.05) is 30.3 Å². The van der Waals surface area contributed by atoms with Crippen molar-refractivity contribution in [3.05, 3.63) is 60.4 Å². The summed E-state index contributed by atoms with van der Waals surface area (Å²) in [5, 5.41) is 8.45. The van der Waals surface area contributed by atoms with Gasteiger partial charge in [-0.15, -0.1) is 5.11 Å². The Bertz CT molecular complexity index is 1070. The second kappa shape index (κ2) is 5.99. The van der Waals surface area contributed by atoms with E-state index in [0.29, 0.717) is 5.39 Å². The molecule has 3 aromatic rings. The molecule has 0 bridgehead atoms. The van der Waals surface area contributed by atoms with E-state index in [1.165, 1.54) is 30.3 Å². The fourth-order valence-corrected chi connectivity index (χ4v) is 3.01. The first-order chi connectivity index (χ1) is 11.4. The average molecular weight is 345 g/mol. The van der Waals surface area contributed by atoms with Crippen LogP contribution in [0, 0.1) is 5.82 Å². The van der Waals surface area contributed by atoms with E-state index in [1.807, 2.05) is 0 Å². The van der Waals surface area contributed by atoms with Crippen LogP contribution in [0.15, 0.2) is 69.7 Å². The van der Waals surface area contributed by atoms with Crippen molar-refractivity contribution in [1.29, 1.82) is 0 Å². The predicted molar refractivity (Wildman–Crippen MR) is 88.8 cm³/mol. The first-order valence-electron chi connectivity index (χ1n) is 6.82. The van der Waals surface area contributed by atoms with Crippen LogP contribution in [0.2, 0.25) is 0 Å². The number of halogens is 1. The summed E-state index contributed by atoms with van der Waals surface area (Å²) < 4.78 is 45.8. The maximum atomic E-state index is 13.2. The van der Waals surface area contributed by atoms with Crippen LogP contribution in [0.4, 0.5) is 21.5 Å². The molecule has 0 saturated carbocycles. The molecule has 3 rings (SSSR count). The van der Waals surface area contributed by atoms with E-state index in [9.17, 15) is 17.4 Å². The maximum Gasteiger partial charge on any atom is 0.295 e. The van der Waals surface area contributed by atoms with E-state index in [1.54, 1.807) is 18.2 Å². The van der Waals surface area contributed by atoms with Gasteiger partial charge >= 0.3 is 0 Å². The van der Waals surface area contributed by atoms with Gasteiger partial charge in [-0.05, 0) is 18.2 Å². The van der Waals surface area contributed by atoms with Gasteiger partial charge in [0.2, 0.25) is 0 Å². The molecule has 6 nitrogen and oxygen atoms in total. The summed E-state index contributed by atoms with van der Waals surface area (Å²) >= 11 is 0. The number of nitrogens with zero attached hydrogens (tertiary/aromatic N) is 2. The summed E-state index contributed by atoms with van der Waals surface area (Å²) in [7, 11) is -4.48. The Balaban J connectivity index is 2.20. The van der Waals surface area contributed by atoms with Gasteiger partial charge in [-0.25, -0.2) is 4.39 Å². The molecule has 3 aromatic carbocycles. The van der Waals surface area contributed by atoms with Crippen molar-refractivity contribution in [2.45, 2.75) is 4.90 Å². The van der Waals surface area contributed by atoms with E-state index >= 15 is 0 Å². The molecule has 0 amide bonds. The van der Waals surface area contributed by atoms with Gasteiger partial charge in [0, 0.05) is 16.8 Å². The lowest BCUT2D eigenvalue weighted by atomic mass is 10.1. The van der Waals surface area contributed by atoms with Crippen molar-refractivity contribution >= 4 is 38.0 Å². The summed E-state index contributed by atoms with van der Waals surface area (Å²) in [4.78, 5) is -0.319. The number of nitrogens with two attached hydrogens (primary N) is 1. The van der Waals surface area contributed by atoms with Crippen LogP contribution in [0.5, 0.6) is 0 Å². The van der Waals surface area contributed by atoms with Gasteiger partial charge in [0.1, 0.15) is 16.4 Å². The summed E-state index contributed by atoms with van der Waals surface area (Å²) in [6, 6.07) is 13.0. The lowest BCUT2D eigenvalue weighted by Crippen LogP contribution is -2.01. The molecule has 0 unspecified atom stereocenters. The Morgan fingerprint density at radius 3 is 2.33 bits per heavy atom. The maximum absolute atomic E-state index is 13.2. The molecule has 0 saturated heterocycles. The molecule has 0 spiro atoms. The van der Waals surface area contributed by atoms with Gasteiger partial charge in [0.25, 0.3) is 10.1 Å². The standard InChI is InChI=1S/C16H12FN3O3S/c17-10-4-3-5-11(8-10)19-20-14-9-15(24(21,22)23)12-6-1-2-7-13(12)16(14)18/h1-9H,18H2,(H,21,22,23)/b20-19+. The minimum atomic E-state index is -4.48. The van der Waals surface area contributed by atoms with Crippen LogP contribution in [0.25, 0.3) is 10.8 Å². The van der Waals surface area contributed by atoms with Gasteiger partial charge in [0.15, 0.2) is 0 Å². The zero-order chi connectivity index (χ0) is 17.3. The van der Waals surface area contributed by atoms with E-state index < -0.39 is 15.9 Å². The lowest BCUT2D eigenvalue weighted by molar-refractivity contribution is 0.484. The van der Waals surface area contributed by atoms with Crippen LogP contribution >= 0.6 is 0 Å². The van der Waals surface area contributed by atoms with Crippen molar-refractivity contribution in [3.8, 4) is 0 Å². The van der Waals surface area contributed by atoms with Crippen molar-refractivity contribution in [1.82, 2.24) is 0 Å². The number of anilines is 1. The quantitative estimate of drug-likeness (QED) is 0.421. The predicted octanol–water partition coefficient (Wildman–Crippen LogP) is 4.22. The molecule has 3 N–H and O–H groups in total. The number of hydrogen-bond donors (Lipinski definition) is 2. The molecule has 0 heterocycles. The first kappa shape index (κ1) is 16.0. The van der Waals surface area contributed by atoms with Crippen LogP contribution in [-0.2, 0) is 10.1 Å². The minimum Gasteiger partial charge on any atom is -0.396 e. The molecule has 122 valence electrons. The third kappa shape index (κ3) is 3.10. The largest absolute Gasteiger partial charge is 0.396 e. The number of azo groups is 1. The molecule has 24 heavy (non-hydrogen) atoms. The molecule has 0 aliphatic carbocycles. The van der Waals surface area contributed by atoms with Crippen molar-refractivity contribution in [2.75, 3.05) is 5.73 Å². The number of hydrogen-bond acceptors (Lipinski definition) is 5. The summed E-state index contributed by atoms with van der Waals surface area (Å²) in [5.74, 6) is -0.475. The number of nitrogen functional groups attached to an aromatic ring is 1. The van der Waals surface area contributed by atoms with Crippen LogP contribution in [-0.4, -0.2) is 13.0 Å². The Kier molecular flexibility index (Phi) is 4.00. The summed E-state index contributed by atoms with van der Waals surface area (Å²) in [6.45, 7) is 0. The molecule has 0 aliphatic rings. The molecule has 0 fully saturated rings. The van der Waals surface area contributed by atoms with E-state index in [-0.39, 0.29) is 27.3 Å². The Hall–Kier alpha value is -2.84.